The number of hydrogen-bond donors (Lipinski definition) is 3. The van der Waals surface area contributed by atoms with E-state index in [4.69, 9.17) is 0 Å². The fourth-order valence-corrected chi connectivity index (χ4v) is 3.59. The molecule has 1 heterocycles. The summed E-state index contributed by atoms with van der Waals surface area (Å²) in [6.45, 7) is 4.11. The summed E-state index contributed by atoms with van der Waals surface area (Å²) in [6.07, 6.45) is 0. The maximum Gasteiger partial charge on any atom is 0.328 e. The van der Waals surface area contributed by atoms with Gasteiger partial charge in [-0.25, -0.2) is 13.2 Å². The van der Waals surface area contributed by atoms with Gasteiger partial charge in [-0.2, -0.15) is 9.42 Å². The van der Waals surface area contributed by atoms with Crippen LogP contribution in [0.2, 0.25) is 0 Å². The largest absolute Gasteiger partial charge is 0.493 e. The molecule has 11 heteroatoms. The Bertz CT molecular complexity index is 1000. The fourth-order valence-electron chi connectivity index (χ4n) is 2.09. The van der Waals surface area contributed by atoms with Gasteiger partial charge < -0.3 is 5.11 Å². The van der Waals surface area contributed by atoms with E-state index < -0.39 is 32.8 Å². The number of nitrogens with one attached hydrogen (secondary N) is 2. The number of benzene rings is 1. The molecule has 0 spiro atoms. The minimum Gasteiger partial charge on any atom is -0.493 e. The number of nitrogens with zero attached hydrogens (tertiary/aromatic N) is 3. The van der Waals surface area contributed by atoms with E-state index >= 15 is 0 Å². The SMILES string of the molecule is CCN(CC)S(=O)(=O)c1cccc(N=Nc2c(O)[nH]c(=O)[nH]c2=O)c1. The summed E-state index contributed by atoms with van der Waals surface area (Å²) < 4.78 is 26.3. The third-order valence-corrected chi connectivity index (χ3v) is 5.37. The number of aromatic hydroxyl groups is 1. The summed E-state index contributed by atoms with van der Waals surface area (Å²) in [4.78, 5) is 26.5. The molecule has 0 unspecified atom stereocenters. The van der Waals surface area contributed by atoms with E-state index in [-0.39, 0.29) is 10.6 Å². The van der Waals surface area contributed by atoms with Crippen LogP contribution in [0.1, 0.15) is 13.8 Å². The van der Waals surface area contributed by atoms with Crippen molar-refractivity contribution in [2.45, 2.75) is 18.7 Å². The lowest BCUT2D eigenvalue weighted by Gasteiger charge is -2.18. The van der Waals surface area contributed by atoms with Crippen LogP contribution in [0.5, 0.6) is 5.88 Å². The van der Waals surface area contributed by atoms with Crippen LogP contribution in [0.25, 0.3) is 0 Å². The first-order valence-corrected chi connectivity index (χ1v) is 8.81. The van der Waals surface area contributed by atoms with Crippen LogP contribution in [0, 0.1) is 0 Å². The highest BCUT2D eigenvalue weighted by Crippen LogP contribution is 2.24. The smallest absolute Gasteiger partial charge is 0.328 e. The van der Waals surface area contributed by atoms with Crippen molar-refractivity contribution < 1.29 is 13.5 Å². The van der Waals surface area contributed by atoms with Gasteiger partial charge in [-0.15, -0.1) is 5.11 Å². The van der Waals surface area contributed by atoms with Crippen LogP contribution in [0.15, 0.2) is 49.0 Å². The van der Waals surface area contributed by atoms with Crippen molar-refractivity contribution in [3.63, 3.8) is 0 Å². The summed E-state index contributed by atoms with van der Waals surface area (Å²) in [5.41, 5.74) is -2.12. The second-order valence-electron chi connectivity index (χ2n) is 4.89. The summed E-state index contributed by atoms with van der Waals surface area (Å²) in [5, 5.41) is 16.9. The number of aromatic amines is 2. The van der Waals surface area contributed by atoms with Crippen molar-refractivity contribution >= 4 is 21.4 Å². The Kier molecular flexibility index (Phi) is 5.49. The molecular formula is C14H17N5O5S. The molecule has 0 aliphatic carbocycles. The molecule has 2 aromatic rings. The minimum atomic E-state index is -3.66. The molecule has 0 aliphatic heterocycles. The van der Waals surface area contributed by atoms with Crippen LogP contribution in [0.3, 0.4) is 0 Å². The minimum absolute atomic E-state index is 0.0345. The molecule has 0 radical (unpaired) electrons. The third kappa shape index (κ3) is 4.00. The maximum absolute atomic E-state index is 12.5. The second-order valence-corrected chi connectivity index (χ2v) is 6.83. The average Bonchev–Trinajstić information content (AvgIpc) is 2.55. The molecule has 1 aromatic carbocycles. The first kappa shape index (κ1) is 18.5. The molecule has 25 heavy (non-hydrogen) atoms. The first-order valence-electron chi connectivity index (χ1n) is 7.37. The van der Waals surface area contributed by atoms with Gasteiger partial charge in [0.15, 0.2) is 0 Å². The van der Waals surface area contributed by atoms with Crippen molar-refractivity contribution in [2.75, 3.05) is 13.1 Å². The number of aromatic nitrogens is 2. The molecule has 0 saturated heterocycles. The van der Waals surface area contributed by atoms with Gasteiger partial charge in [0.05, 0.1) is 10.6 Å². The molecule has 2 rings (SSSR count). The zero-order valence-electron chi connectivity index (χ0n) is 13.6. The molecule has 1 aromatic heterocycles. The lowest BCUT2D eigenvalue weighted by Crippen LogP contribution is -2.30. The number of azo groups is 1. The van der Waals surface area contributed by atoms with E-state index in [0.29, 0.717) is 13.1 Å². The van der Waals surface area contributed by atoms with Crippen LogP contribution >= 0.6 is 0 Å². The van der Waals surface area contributed by atoms with Crippen molar-refractivity contribution in [1.82, 2.24) is 14.3 Å². The Balaban J connectivity index is 2.41. The lowest BCUT2D eigenvalue weighted by molar-refractivity contribution is 0.445. The number of H-pyrrole nitrogens is 2. The van der Waals surface area contributed by atoms with Crippen molar-refractivity contribution in [3.05, 3.63) is 45.1 Å². The van der Waals surface area contributed by atoms with Crippen LogP contribution in [-0.2, 0) is 10.0 Å². The van der Waals surface area contributed by atoms with Crippen molar-refractivity contribution in [2.24, 2.45) is 10.2 Å². The summed E-state index contributed by atoms with van der Waals surface area (Å²) in [7, 11) is -3.66. The fraction of sp³-hybridized carbons (Fsp3) is 0.286. The Hall–Kier alpha value is -2.79. The molecule has 0 fully saturated rings. The zero-order valence-corrected chi connectivity index (χ0v) is 14.4. The molecule has 10 nitrogen and oxygen atoms in total. The highest BCUT2D eigenvalue weighted by atomic mass is 32.2. The predicted molar refractivity (Wildman–Crippen MR) is 90.1 cm³/mol. The Morgan fingerprint density at radius 1 is 1.12 bits per heavy atom. The van der Waals surface area contributed by atoms with Crippen LogP contribution < -0.4 is 11.2 Å². The van der Waals surface area contributed by atoms with Gasteiger partial charge in [0.1, 0.15) is 0 Å². The van der Waals surface area contributed by atoms with Gasteiger partial charge in [0.2, 0.25) is 21.6 Å². The predicted octanol–water partition coefficient (Wildman–Crippen LogP) is 1.21. The Morgan fingerprint density at radius 2 is 1.80 bits per heavy atom. The number of rotatable bonds is 6. The Labute approximate surface area is 142 Å². The molecule has 3 N–H and O–H groups in total. The molecule has 134 valence electrons. The molecule has 0 aliphatic rings. The van der Waals surface area contributed by atoms with Gasteiger partial charge in [0.25, 0.3) is 5.56 Å². The molecular weight excluding hydrogens is 350 g/mol. The maximum atomic E-state index is 12.5. The molecule has 0 bridgehead atoms. The molecule has 0 amide bonds. The quantitative estimate of drug-likeness (QED) is 0.656. The summed E-state index contributed by atoms with van der Waals surface area (Å²) in [5.74, 6) is -0.732. The zero-order chi connectivity index (χ0) is 18.6. The third-order valence-electron chi connectivity index (χ3n) is 3.32. The van der Waals surface area contributed by atoms with E-state index in [1.54, 1.807) is 13.8 Å². The van der Waals surface area contributed by atoms with E-state index in [1.807, 2.05) is 9.97 Å². The normalized spacial score (nSPS) is 12.1. The van der Waals surface area contributed by atoms with Crippen LogP contribution in [0.4, 0.5) is 11.4 Å². The van der Waals surface area contributed by atoms with Gasteiger partial charge >= 0.3 is 5.69 Å². The lowest BCUT2D eigenvalue weighted by atomic mass is 10.3. The van der Waals surface area contributed by atoms with Gasteiger partial charge in [-0.3, -0.25) is 14.8 Å². The summed E-state index contributed by atoms with van der Waals surface area (Å²) in [6, 6.07) is 5.70. The molecule has 0 atom stereocenters. The van der Waals surface area contributed by atoms with Crippen molar-refractivity contribution in [3.8, 4) is 5.88 Å². The van der Waals surface area contributed by atoms with E-state index in [2.05, 4.69) is 10.2 Å². The van der Waals surface area contributed by atoms with Crippen LogP contribution in [-0.4, -0.2) is 40.9 Å². The number of hydrogen-bond acceptors (Lipinski definition) is 7. The van der Waals surface area contributed by atoms with Gasteiger partial charge in [-0.05, 0) is 18.2 Å². The first-order chi connectivity index (χ1) is 11.8. The average molecular weight is 367 g/mol. The van der Waals surface area contributed by atoms with Crippen molar-refractivity contribution in [1.29, 1.82) is 0 Å². The topological polar surface area (TPSA) is 148 Å². The molecule has 0 saturated carbocycles. The van der Waals surface area contributed by atoms with Gasteiger partial charge in [-0.1, -0.05) is 19.9 Å². The summed E-state index contributed by atoms with van der Waals surface area (Å²) >= 11 is 0. The number of sulfonamides is 1. The standard InChI is InChI=1S/C14H17N5O5S/c1-3-19(4-2)25(23,24)10-7-5-6-9(8-10)17-18-11-12(20)15-14(22)16-13(11)21/h5-8H,3-4H2,1-2H3,(H3,15,16,20,21,22). The highest BCUT2D eigenvalue weighted by Gasteiger charge is 2.21. The second kappa shape index (κ2) is 7.40. The Morgan fingerprint density at radius 3 is 2.40 bits per heavy atom. The monoisotopic (exact) mass is 367 g/mol. The van der Waals surface area contributed by atoms with E-state index in [1.165, 1.54) is 28.6 Å². The van der Waals surface area contributed by atoms with E-state index in [9.17, 15) is 23.1 Å². The van der Waals surface area contributed by atoms with Gasteiger partial charge in [0, 0.05) is 13.1 Å². The van der Waals surface area contributed by atoms with E-state index in [0.717, 1.165) is 0 Å². The highest BCUT2D eigenvalue weighted by molar-refractivity contribution is 7.89.